The lowest BCUT2D eigenvalue weighted by atomic mass is 9.84. The fraction of sp³-hybridized carbons (Fsp3) is 0.571. The van der Waals surface area contributed by atoms with Crippen molar-refractivity contribution < 1.29 is 0 Å². The van der Waals surface area contributed by atoms with Crippen LogP contribution in [0.2, 0.25) is 10.0 Å². The Morgan fingerprint density at radius 2 is 2.00 bits per heavy atom. The molecule has 3 aliphatic rings. The van der Waals surface area contributed by atoms with Crippen molar-refractivity contribution in [2.24, 2.45) is 5.92 Å². The third-order valence-corrected chi connectivity index (χ3v) is 4.81. The summed E-state index contributed by atoms with van der Waals surface area (Å²) >= 11 is 12.1. The topological polar surface area (TPSA) is 15.3 Å². The van der Waals surface area contributed by atoms with E-state index in [2.05, 4.69) is 10.2 Å². The van der Waals surface area contributed by atoms with Gasteiger partial charge in [-0.25, -0.2) is 0 Å². The molecule has 4 rings (SSSR count). The highest BCUT2D eigenvalue weighted by molar-refractivity contribution is 6.35. The van der Waals surface area contributed by atoms with Crippen LogP contribution in [0.5, 0.6) is 0 Å². The number of nitrogens with zero attached hydrogens (tertiary/aromatic N) is 1. The number of halogens is 2. The SMILES string of the molecule is Clc1ccc(CN[C@H]2CN3CCC2CC3)c(Cl)c1. The molecule has 0 spiro atoms. The van der Waals surface area contributed by atoms with E-state index in [1.54, 1.807) is 0 Å². The average molecular weight is 285 g/mol. The molecule has 1 aromatic carbocycles. The Labute approximate surface area is 118 Å². The minimum Gasteiger partial charge on any atom is -0.308 e. The van der Waals surface area contributed by atoms with Gasteiger partial charge in [-0.2, -0.15) is 0 Å². The Morgan fingerprint density at radius 1 is 1.22 bits per heavy atom. The van der Waals surface area contributed by atoms with Crippen LogP contribution in [-0.2, 0) is 6.54 Å². The second kappa shape index (κ2) is 5.38. The summed E-state index contributed by atoms with van der Waals surface area (Å²) in [6.45, 7) is 4.59. The van der Waals surface area contributed by atoms with Crippen molar-refractivity contribution in [2.75, 3.05) is 19.6 Å². The average Bonchev–Trinajstić information content (AvgIpc) is 2.39. The molecule has 18 heavy (non-hydrogen) atoms. The van der Waals surface area contributed by atoms with Crippen LogP contribution in [0.4, 0.5) is 0 Å². The smallest absolute Gasteiger partial charge is 0.0465 e. The van der Waals surface area contributed by atoms with Crippen molar-refractivity contribution in [3.05, 3.63) is 33.8 Å². The van der Waals surface area contributed by atoms with Gasteiger partial charge in [-0.15, -0.1) is 0 Å². The largest absolute Gasteiger partial charge is 0.308 e. The van der Waals surface area contributed by atoms with Gasteiger partial charge in [0.25, 0.3) is 0 Å². The Balaban J connectivity index is 1.61. The molecule has 0 unspecified atom stereocenters. The molecule has 98 valence electrons. The van der Waals surface area contributed by atoms with E-state index in [-0.39, 0.29) is 0 Å². The van der Waals surface area contributed by atoms with Gasteiger partial charge in [0.2, 0.25) is 0 Å². The summed E-state index contributed by atoms with van der Waals surface area (Å²) < 4.78 is 0. The van der Waals surface area contributed by atoms with Crippen molar-refractivity contribution in [3.8, 4) is 0 Å². The van der Waals surface area contributed by atoms with Crippen LogP contribution in [0, 0.1) is 5.92 Å². The fourth-order valence-corrected chi connectivity index (χ4v) is 3.58. The van der Waals surface area contributed by atoms with E-state index in [1.807, 2.05) is 18.2 Å². The first kappa shape index (κ1) is 12.7. The first-order valence-corrected chi connectivity index (χ1v) is 7.37. The van der Waals surface area contributed by atoms with E-state index in [9.17, 15) is 0 Å². The second-order valence-corrected chi connectivity index (χ2v) is 6.20. The molecule has 0 radical (unpaired) electrons. The molecule has 1 atom stereocenters. The monoisotopic (exact) mass is 284 g/mol. The zero-order chi connectivity index (χ0) is 12.5. The lowest BCUT2D eigenvalue weighted by molar-refractivity contribution is 0.0720. The maximum absolute atomic E-state index is 6.19. The Hall–Kier alpha value is -0.280. The molecule has 3 saturated heterocycles. The number of hydrogen-bond acceptors (Lipinski definition) is 2. The molecule has 3 aliphatic heterocycles. The molecule has 2 nitrogen and oxygen atoms in total. The van der Waals surface area contributed by atoms with Gasteiger partial charge >= 0.3 is 0 Å². The summed E-state index contributed by atoms with van der Waals surface area (Å²) in [6, 6.07) is 6.36. The first-order valence-electron chi connectivity index (χ1n) is 6.62. The number of rotatable bonds is 3. The Morgan fingerprint density at radius 3 is 2.61 bits per heavy atom. The Kier molecular flexibility index (Phi) is 3.81. The van der Waals surface area contributed by atoms with Gasteiger partial charge in [0.1, 0.15) is 0 Å². The van der Waals surface area contributed by atoms with Crippen molar-refractivity contribution >= 4 is 23.2 Å². The molecule has 0 aliphatic carbocycles. The van der Waals surface area contributed by atoms with Gasteiger partial charge in [0, 0.05) is 29.2 Å². The molecule has 0 saturated carbocycles. The molecule has 1 aromatic rings. The number of piperidine rings is 3. The van der Waals surface area contributed by atoms with Crippen LogP contribution < -0.4 is 5.32 Å². The van der Waals surface area contributed by atoms with Crippen LogP contribution in [0.25, 0.3) is 0 Å². The zero-order valence-electron chi connectivity index (χ0n) is 10.3. The van der Waals surface area contributed by atoms with Crippen molar-refractivity contribution in [3.63, 3.8) is 0 Å². The Bertz CT molecular complexity index is 428. The summed E-state index contributed by atoms with van der Waals surface area (Å²) in [4.78, 5) is 2.56. The second-order valence-electron chi connectivity index (χ2n) is 5.36. The number of nitrogens with one attached hydrogen (secondary N) is 1. The van der Waals surface area contributed by atoms with Crippen LogP contribution in [0.1, 0.15) is 18.4 Å². The summed E-state index contributed by atoms with van der Waals surface area (Å²) in [5.74, 6) is 0.848. The normalized spacial score (nSPS) is 30.7. The molecule has 4 heteroatoms. The van der Waals surface area contributed by atoms with E-state index in [1.165, 1.54) is 32.5 Å². The number of hydrogen-bond donors (Lipinski definition) is 1. The van der Waals surface area contributed by atoms with E-state index in [0.29, 0.717) is 11.1 Å². The molecular weight excluding hydrogens is 267 g/mol. The summed E-state index contributed by atoms with van der Waals surface area (Å²) in [5.41, 5.74) is 1.14. The molecule has 2 bridgehead atoms. The van der Waals surface area contributed by atoms with Crippen LogP contribution in [0.3, 0.4) is 0 Å². The van der Waals surface area contributed by atoms with Crippen molar-refractivity contribution in [1.29, 1.82) is 0 Å². The zero-order valence-corrected chi connectivity index (χ0v) is 11.8. The maximum atomic E-state index is 6.19. The van der Waals surface area contributed by atoms with E-state index in [0.717, 1.165) is 23.0 Å². The van der Waals surface area contributed by atoms with Gasteiger partial charge < -0.3 is 10.2 Å². The van der Waals surface area contributed by atoms with Crippen LogP contribution >= 0.6 is 23.2 Å². The van der Waals surface area contributed by atoms with Crippen LogP contribution in [-0.4, -0.2) is 30.6 Å². The minimum absolute atomic E-state index is 0.624. The molecule has 3 fully saturated rings. The summed E-state index contributed by atoms with van der Waals surface area (Å²) in [6.07, 6.45) is 2.68. The van der Waals surface area contributed by atoms with Gasteiger partial charge in [-0.05, 0) is 49.5 Å². The lowest BCUT2D eigenvalue weighted by Gasteiger charge is -2.45. The molecule has 1 N–H and O–H groups in total. The van der Waals surface area contributed by atoms with E-state index in [4.69, 9.17) is 23.2 Å². The lowest BCUT2D eigenvalue weighted by Crippen LogP contribution is -2.55. The predicted molar refractivity (Wildman–Crippen MR) is 76.3 cm³/mol. The van der Waals surface area contributed by atoms with Gasteiger partial charge in [0.05, 0.1) is 0 Å². The minimum atomic E-state index is 0.624. The van der Waals surface area contributed by atoms with Crippen LogP contribution in [0.15, 0.2) is 18.2 Å². The molecule has 0 amide bonds. The number of benzene rings is 1. The molecule has 3 heterocycles. The van der Waals surface area contributed by atoms with Gasteiger partial charge in [0.15, 0.2) is 0 Å². The first-order chi connectivity index (χ1) is 8.72. The predicted octanol–water partition coefficient (Wildman–Crippen LogP) is 3.18. The van der Waals surface area contributed by atoms with Gasteiger partial charge in [-0.3, -0.25) is 0 Å². The van der Waals surface area contributed by atoms with Gasteiger partial charge in [-0.1, -0.05) is 29.3 Å². The highest BCUT2D eigenvalue weighted by Gasteiger charge is 2.33. The van der Waals surface area contributed by atoms with Crippen molar-refractivity contribution in [1.82, 2.24) is 10.2 Å². The summed E-state index contributed by atoms with van der Waals surface area (Å²) in [5, 5.41) is 5.12. The fourth-order valence-electron chi connectivity index (χ4n) is 3.10. The standard InChI is InChI=1S/C14H18Cl2N2/c15-12-2-1-11(13(16)7-12)8-17-14-9-18-5-3-10(14)4-6-18/h1-2,7,10,14,17H,3-6,8-9H2/t14-/m0/s1. The highest BCUT2D eigenvalue weighted by atomic mass is 35.5. The third-order valence-electron chi connectivity index (χ3n) is 4.23. The number of fused-ring (bicyclic) bond motifs is 3. The van der Waals surface area contributed by atoms with E-state index >= 15 is 0 Å². The maximum Gasteiger partial charge on any atom is 0.0465 e. The third kappa shape index (κ3) is 2.67. The van der Waals surface area contributed by atoms with Crippen molar-refractivity contribution in [2.45, 2.75) is 25.4 Å². The quantitative estimate of drug-likeness (QED) is 0.917. The molecular formula is C14H18Cl2N2. The highest BCUT2D eigenvalue weighted by Crippen LogP contribution is 2.28. The van der Waals surface area contributed by atoms with E-state index < -0.39 is 0 Å². The molecule has 0 aromatic heterocycles. The summed E-state index contributed by atoms with van der Waals surface area (Å²) in [7, 11) is 0.